The topological polar surface area (TPSA) is 22.8 Å². The van der Waals surface area contributed by atoms with Crippen molar-refractivity contribution < 1.29 is 0 Å². The minimum Gasteiger partial charge on any atom is -0.294 e. The Morgan fingerprint density at radius 1 is 0.444 bits per heavy atom. The van der Waals surface area contributed by atoms with Crippen LogP contribution in [-0.2, 0) is 10.8 Å². The van der Waals surface area contributed by atoms with Gasteiger partial charge in [-0.05, 0) is 106 Å². The lowest BCUT2D eigenvalue weighted by Gasteiger charge is -2.23. The third kappa shape index (κ3) is 5.37. The van der Waals surface area contributed by atoms with Crippen LogP contribution in [0.3, 0.4) is 0 Å². The van der Waals surface area contributed by atoms with Crippen molar-refractivity contribution in [2.24, 2.45) is 0 Å². The van der Waals surface area contributed by atoms with E-state index in [4.69, 9.17) is 4.98 Å². The molecular formula is C51H47N3. The van der Waals surface area contributed by atoms with E-state index in [-0.39, 0.29) is 10.8 Å². The van der Waals surface area contributed by atoms with Crippen molar-refractivity contribution in [2.45, 2.75) is 66.2 Å². The Balaban J connectivity index is 1.36. The lowest BCUT2D eigenvalue weighted by Crippen LogP contribution is -2.13. The third-order valence-electron chi connectivity index (χ3n) is 11.2. The van der Waals surface area contributed by atoms with Gasteiger partial charge in [0.2, 0.25) is 0 Å². The molecule has 0 aliphatic carbocycles. The first-order valence-corrected chi connectivity index (χ1v) is 19.2. The molecule has 0 amide bonds. The summed E-state index contributed by atoms with van der Waals surface area (Å²) in [6.07, 6.45) is 0. The van der Waals surface area contributed by atoms with Crippen molar-refractivity contribution in [2.75, 3.05) is 0 Å². The van der Waals surface area contributed by atoms with Crippen LogP contribution in [0.1, 0.15) is 63.8 Å². The number of hydrogen-bond acceptors (Lipinski definition) is 1. The largest absolute Gasteiger partial charge is 0.294 e. The van der Waals surface area contributed by atoms with Crippen molar-refractivity contribution >= 4 is 43.9 Å². The van der Waals surface area contributed by atoms with Crippen LogP contribution in [0, 0.1) is 13.8 Å². The molecule has 3 aromatic heterocycles. The second-order valence-corrected chi connectivity index (χ2v) is 17.0. The quantitative estimate of drug-likeness (QED) is 0.179. The smallest absolute Gasteiger partial charge is 0.148 e. The second kappa shape index (κ2) is 12.3. The van der Waals surface area contributed by atoms with Crippen LogP contribution < -0.4 is 0 Å². The third-order valence-corrected chi connectivity index (χ3v) is 11.2. The minimum absolute atomic E-state index is 0.0161. The average Bonchev–Trinajstić information content (AvgIpc) is 3.66. The van der Waals surface area contributed by atoms with Gasteiger partial charge in [-0.3, -0.25) is 9.13 Å². The molecule has 9 rings (SSSR count). The average molecular weight is 702 g/mol. The van der Waals surface area contributed by atoms with E-state index in [9.17, 15) is 0 Å². The van der Waals surface area contributed by atoms with E-state index in [0.29, 0.717) is 0 Å². The highest BCUT2D eigenvalue weighted by atomic mass is 15.1. The number of nitrogens with zero attached hydrogens (tertiary/aromatic N) is 3. The molecule has 9 aromatic rings. The molecule has 54 heavy (non-hydrogen) atoms. The lowest BCUT2D eigenvalue weighted by molar-refractivity contribution is 0.590. The van der Waals surface area contributed by atoms with Gasteiger partial charge in [-0.2, -0.15) is 0 Å². The number of fused-ring (bicyclic) bond motifs is 6. The molecular weight excluding hydrogens is 655 g/mol. The summed E-state index contributed by atoms with van der Waals surface area (Å²) in [5, 5.41) is 4.91. The van der Waals surface area contributed by atoms with Crippen LogP contribution in [0.4, 0.5) is 0 Å². The predicted molar refractivity (Wildman–Crippen MR) is 231 cm³/mol. The van der Waals surface area contributed by atoms with Gasteiger partial charge in [-0.15, -0.1) is 0 Å². The SMILES string of the molecule is Cc1cc(-c2cccc(-n3c4ccccc4c4c(C(C)(C)C)c5c6ccccc6n(-c6cccc(C(C)(C)C)c6)c5nc43)c2)c(C)cc1-c1ccccc1. The van der Waals surface area contributed by atoms with Crippen LogP contribution >= 0.6 is 0 Å². The zero-order valence-electron chi connectivity index (χ0n) is 32.6. The first kappa shape index (κ1) is 33.9. The Morgan fingerprint density at radius 3 is 1.48 bits per heavy atom. The summed E-state index contributed by atoms with van der Waals surface area (Å²) in [5.74, 6) is 0. The number of benzene rings is 6. The number of aryl methyl sites for hydroxylation is 2. The highest BCUT2D eigenvalue weighted by Crippen LogP contribution is 2.46. The Labute approximate surface area is 318 Å². The molecule has 0 spiro atoms. The molecule has 3 heteroatoms. The van der Waals surface area contributed by atoms with Gasteiger partial charge >= 0.3 is 0 Å². The first-order valence-electron chi connectivity index (χ1n) is 19.2. The molecule has 0 aliphatic rings. The van der Waals surface area contributed by atoms with Gasteiger partial charge in [0.25, 0.3) is 0 Å². The predicted octanol–water partition coefficient (Wildman–Crippen LogP) is 13.8. The molecule has 0 bridgehead atoms. The molecule has 0 fully saturated rings. The molecule has 3 heterocycles. The highest BCUT2D eigenvalue weighted by Gasteiger charge is 2.30. The summed E-state index contributed by atoms with van der Waals surface area (Å²) in [4.78, 5) is 5.78. The number of aromatic nitrogens is 3. The van der Waals surface area contributed by atoms with Gasteiger partial charge in [0.05, 0.1) is 11.0 Å². The molecule has 0 radical (unpaired) electrons. The Hall–Kier alpha value is -5.93. The van der Waals surface area contributed by atoms with Crippen molar-refractivity contribution in [1.29, 1.82) is 0 Å². The molecule has 0 saturated heterocycles. The molecule has 0 unspecified atom stereocenters. The van der Waals surface area contributed by atoms with Gasteiger partial charge in [-0.25, -0.2) is 4.98 Å². The first-order chi connectivity index (χ1) is 25.9. The number of para-hydroxylation sites is 2. The number of hydrogen-bond donors (Lipinski definition) is 0. The van der Waals surface area contributed by atoms with E-state index >= 15 is 0 Å². The van der Waals surface area contributed by atoms with E-state index in [2.05, 4.69) is 204 Å². The van der Waals surface area contributed by atoms with Gasteiger partial charge in [0.1, 0.15) is 11.3 Å². The molecule has 0 atom stereocenters. The Kier molecular flexibility index (Phi) is 7.73. The molecule has 0 N–H and O–H groups in total. The van der Waals surface area contributed by atoms with Crippen LogP contribution in [-0.4, -0.2) is 14.1 Å². The Bertz CT molecular complexity index is 2910. The van der Waals surface area contributed by atoms with Crippen LogP contribution in [0.5, 0.6) is 0 Å². The van der Waals surface area contributed by atoms with Crippen molar-refractivity contribution in [1.82, 2.24) is 14.1 Å². The van der Waals surface area contributed by atoms with Crippen LogP contribution in [0.15, 0.2) is 140 Å². The zero-order valence-corrected chi connectivity index (χ0v) is 32.6. The maximum absolute atomic E-state index is 5.78. The maximum atomic E-state index is 5.78. The fourth-order valence-corrected chi connectivity index (χ4v) is 8.64. The fourth-order valence-electron chi connectivity index (χ4n) is 8.64. The standard InChI is InChI=1S/C51H47N3/c1-32-29-42(33(2)28-41(32)34-18-10-9-11-19-34)35-20-16-22-37(30-35)53-43-26-14-12-24-39(43)45-47(51(6,7)8)46-40-25-13-15-27-44(40)54(49(46)52-48(45)53)38-23-17-21-36(31-38)50(3,4)5/h9-31H,1-8H3. The van der Waals surface area contributed by atoms with E-state index < -0.39 is 0 Å². The van der Waals surface area contributed by atoms with Crippen molar-refractivity contribution in [3.63, 3.8) is 0 Å². The van der Waals surface area contributed by atoms with E-state index in [1.807, 2.05) is 0 Å². The zero-order chi connectivity index (χ0) is 37.5. The van der Waals surface area contributed by atoms with Gasteiger partial charge in [0, 0.05) is 32.9 Å². The van der Waals surface area contributed by atoms with Crippen molar-refractivity contribution in [3.05, 3.63) is 162 Å². The lowest BCUT2D eigenvalue weighted by atomic mass is 9.82. The molecule has 6 aromatic carbocycles. The molecule has 266 valence electrons. The molecule has 0 saturated carbocycles. The van der Waals surface area contributed by atoms with Crippen LogP contribution in [0.2, 0.25) is 0 Å². The molecule has 3 nitrogen and oxygen atoms in total. The monoisotopic (exact) mass is 701 g/mol. The summed E-state index contributed by atoms with van der Waals surface area (Å²) in [5.41, 5.74) is 16.5. The van der Waals surface area contributed by atoms with Gasteiger partial charge in [0.15, 0.2) is 0 Å². The summed E-state index contributed by atoms with van der Waals surface area (Å²) in [6.45, 7) is 18.4. The summed E-state index contributed by atoms with van der Waals surface area (Å²) in [7, 11) is 0. The summed E-state index contributed by atoms with van der Waals surface area (Å²) in [6, 6.07) is 51.1. The summed E-state index contributed by atoms with van der Waals surface area (Å²) >= 11 is 0. The van der Waals surface area contributed by atoms with E-state index in [1.165, 1.54) is 71.6 Å². The normalized spacial score (nSPS) is 12.4. The molecule has 0 aliphatic heterocycles. The second-order valence-electron chi connectivity index (χ2n) is 17.0. The highest BCUT2D eigenvalue weighted by molar-refractivity contribution is 6.20. The van der Waals surface area contributed by atoms with E-state index in [1.54, 1.807) is 0 Å². The van der Waals surface area contributed by atoms with Gasteiger partial charge in [-0.1, -0.05) is 145 Å². The number of pyridine rings is 1. The van der Waals surface area contributed by atoms with E-state index in [0.717, 1.165) is 28.2 Å². The van der Waals surface area contributed by atoms with Crippen molar-refractivity contribution in [3.8, 4) is 33.6 Å². The van der Waals surface area contributed by atoms with Crippen LogP contribution in [0.25, 0.3) is 77.5 Å². The Morgan fingerprint density at radius 2 is 0.926 bits per heavy atom. The maximum Gasteiger partial charge on any atom is 0.148 e. The fraction of sp³-hybridized carbons (Fsp3) is 0.196. The summed E-state index contributed by atoms with van der Waals surface area (Å²) < 4.78 is 4.80. The minimum atomic E-state index is -0.173. The number of rotatable bonds is 4. The van der Waals surface area contributed by atoms with Gasteiger partial charge < -0.3 is 0 Å².